The van der Waals surface area contributed by atoms with Crippen molar-refractivity contribution in [2.45, 2.75) is 19.3 Å². The molecule has 0 unspecified atom stereocenters. The lowest BCUT2D eigenvalue weighted by molar-refractivity contribution is 0.0760. The molecule has 1 aliphatic carbocycles. The van der Waals surface area contributed by atoms with E-state index in [0.29, 0.717) is 24.5 Å². The monoisotopic (exact) mass is 316 g/mol. The van der Waals surface area contributed by atoms with E-state index < -0.39 is 0 Å². The average molecular weight is 316 g/mol. The number of benzene rings is 1. The molecule has 0 spiro atoms. The molecule has 1 saturated carbocycles. The van der Waals surface area contributed by atoms with Crippen molar-refractivity contribution < 1.29 is 14.3 Å². The van der Waals surface area contributed by atoms with Gasteiger partial charge in [0.1, 0.15) is 13.2 Å². The second-order valence-electron chi connectivity index (χ2n) is 6.75. The van der Waals surface area contributed by atoms with Crippen molar-refractivity contribution in [1.82, 2.24) is 9.80 Å². The normalized spacial score (nSPS) is 21.8. The Balaban J connectivity index is 1.41. The van der Waals surface area contributed by atoms with E-state index in [4.69, 9.17) is 9.47 Å². The Morgan fingerprint density at radius 3 is 2.70 bits per heavy atom. The molecule has 1 amide bonds. The minimum absolute atomic E-state index is 0.107. The molecule has 23 heavy (non-hydrogen) atoms. The Kier molecular flexibility index (Phi) is 4.12. The predicted molar refractivity (Wildman–Crippen MR) is 87.1 cm³/mol. The first kappa shape index (κ1) is 14.8. The van der Waals surface area contributed by atoms with Crippen LogP contribution in [-0.2, 0) is 0 Å². The molecular weight excluding hydrogens is 292 g/mol. The van der Waals surface area contributed by atoms with Crippen LogP contribution in [0.25, 0.3) is 0 Å². The highest BCUT2D eigenvalue weighted by Gasteiger charge is 2.27. The number of hydrogen-bond acceptors (Lipinski definition) is 4. The van der Waals surface area contributed by atoms with Gasteiger partial charge in [0.05, 0.1) is 0 Å². The number of rotatable bonds is 3. The molecule has 1 aromatic rings. The van der Waals surface area contributed by atoms with Gasteiger partial charge in [-0.2, -0.15) is 0 Å². The summed E-state index contributed by atoms with van der Waals surface area (Å²) in [4.78, 5) is 17.3. The van der Waals surface area contributed by atoms with E-state index in [1.807, 2.05) is 23.1 Å². The molecular formula is C18H24N2O3. The number of ether oxygens (including phenoxy) is 2. The van der Waals surface area contributed by atoms with E-state index in [9.17, 15) is 4.79 Å². The van der Waals surface area contributed by atoms with Gasteiger partial charge in [0.15, 0.2) is 11.5 Å². The summed E-state index contributed by atoms with van der Waals surface area (Å²) in [6.45, 7) is 6.10. The smallest absolute Gasteiger partial charge is 0.254 e. The van der Waals surface area contributed by atoms with Crippen LogP contribution in [0.2, 0.25) is 0 Å². The van der Waals surface area contributed by atoms with Gasteiger partial charge in [-0.3, -0.25) is 4.79 Å². The fourth-order valence-electron chi connectivity index (χ4n) is 3.38. The molecule has 2 fully saturated rings. The number of carbonyl (C=O) groups excluding carboxylic acids is 1. The third-order valence-electron chi connectivity index (χ3n) is 4.88. The molecule has 0 atom stereocenters. The average Bonchev–Trinajstić information content (AvgIpc) is 3.42. The maximum Gasteiger partial charge on any atom is 0.254 e. The molecule has 0 bridgehead atoms. The second kappa shape index (κ2) is 6.40. The number of amides is 1. The Morgan fingerprint density at radius 2 is 1.87 bits per heavy atom. The third-order valence-corrected chi connectivity index (χ3v) is 4.88. The first-order valence-electron chi connectivity index (χ1n) is 8.71. The summed E-state index contributed by atoms with van der Waals surface area (Å²) in [5.41, 5.74) is 0.699. The zero-order chi connectivity index (χ0) is 15.6. The predicted octanol–water partition coefficient (Wildman–Crippen LogP) is 2.02. The SMILES string of the molecule is O=C(c1ccc2c(c1)OCCO2)N1CCCN(CC2CC2)CC1. The first-order valence-corrected chi connectivity index (χ1v) is 8.71. The van der Waals surface area contributed by atoms with Crippen molar-refractivity contribution in [1.29, 1.82) is 0 Å². The van der Waals surface area contributed by atoms with Crippen LogP contribution in [0, 0.1) is 5.92 Å². The van der Waals surface area contributed by atoms with Crippen LogP contribution < -0.4 is 9.47 Å². The van der Waals surface area contributed by atoms with Gasteiger partial charge < -0.3 is 19.3 Å². The molecule has 1 saturated heterocycles. The highest BCUT2D eigenvalue weighted by atomic mass is 16.6. The molecule has 0 radical (unpaired) electrons. The van der Waals surface area contributed by atoms with E-state index >= 15 is 0 Å². The van der Waals surface area contributed by atoms with Gasteiger partial charge in [0, 0.05) is 31.7 Å². The van der Waals surface area contributed by atoms with Gasteiger partial charge in [-0.25, -0.2) is 0 Å². The molecule has 1 aromatic carbocycles. The van der Waals surface area contributed by atoms with Crippen LogP contribution in [-0.4, -0.2) is 61.6 Å². The minimum Gasteiger partial charge on any atom is -0.486 e. The van der Waals surface area contributed by atoms with E-state index in [1.54, 1.807) is 0 Å². The number of carbonyl (C=O) groups is 1. The molecule has 2 aliphatic heterocycles. The molecule has 5 nitrogen and oxygen atoms in total. The van der Waals surface area contributed by atoms with Gasteiger partial charge in [-0.15, -0.1) is 0 Å². The maximum atomic E-state index is 12.8. The third kappa shape index (κ3) is 3.44. The lowest BCUT2D eigenvalue weighted by atomic mass is 10.1. The molecule has 2 heterocycles. The number of nitrogens with zero attached hydrogens (tertiary/aromatic N) is 2. The molecule has 124 valence electrons. The Hall–Kier alpha value is -1.75. The van der Waals surface area contributed by atoms with Crippen molar-refractivity contribution in [2.75, 3.05) is 45.9 Å². The molecule has 3 aliphatic rings. The molecule has 4 rings (SSSR count). The van der Waals surface area contributed by atoms with Crippen molar-refractivity contribution in [3.63, 3.8) is 0 Å². The van der Waals surface area contributed by atoms with E-state index in [2.05, 4.69) is 4.90 Å². The van der Waals surface area contributed by atoms with E-state index in [0.717, 1.165) is 44.3 Å². The minimum atomic E-state index is 0.107. The van der Waals surface area contributed by atoms with Crippen molar-refractivity contribution in [3.8, 4) is 11.5 Å². The highest BCUT2D eigenvalue weighted by molar-refractivity contribution is 5.95. The van der Waals surface area contributed by atoms with E-state index in [-0.39, 0.29) is 5.91 Å². The van der Waals surface area contributed by atoms with Crippen molar-refractivity contribution in [2.24, 2.45) is 5.92 Å². The fraction of sp³-hybridized carbons (Fsp3) is 0.611. The lowest BCUT2D eigenvalue weighted by Gasteiger charge is -2.23. The summed E-state index contributed by atoms with van der Waals surface area (Å²) in [6.07, 6.45) is 3.83. The van der Waals surface area contributed by atoms with Gasteiger partial charge in [-0.1, -0.05) is 0 Å². The Labute approximate surface area is 137 Å². The summed E-state index contributed by atoms with van der Waals surface area (Å²) in [5, 5.41) is 0. The Morgan fingerprint density at radius 1 is 1.04 bits per heavy atom. The van der Waals surface area contributed by atoms with Crippen molar-refractivity contribution in [3.05, 3.63) is 23.8 Å². The van der Waals surface area contributed by atoms with Crippen LogP contribution in [0.15, 0.2) is 18.2 Å². The summed E-state index contributed by atoms with van der Waals surface area (Å²) in [7, 11) is 0. The van der Waals surface area contributed by atoms with Crippen LogP contribution >= 0.6 is 0 Å². The maximum absolute atomic E-state index is 12.8. The summed E-state index contributed by atoms with van der Waals surface area (Å²) >= 11 is 0. The lowest BCUT2D eigenvalue weighted by Crippen LogP contribution is -2.35. The number of hydrogen-bond donors (Lipinski definition) is 0. The summed E-state index contributed by atoms with van der Waals surface area (Å²) < 4.78 is 11.1. The highest BCUT2D eigenvalue weighted by Crippen LogP contribution is 2.32. The quantitative estimate of drug-likeness (QED) is 0.855. The van der Waals surface area contributed by atoms with Crippen LogP contribution in [0.4, 0.5) is 0 Å². The van der Waals surface area contributed by atoms with Gasteiger partial charge in [0.2, 0.25) is 0 Å². The Bertz CT molecular complexity index is 586. The van der Waals surface area contributed by atoms with Crippen LogP contribution in [0.5, 0.6) is 11.5 Å². The summed E-state index contributed by atoms with van der Waals surface area (Å²) in [5.74, 6) is 2.44. The van der Waals surface area contributed by atoms with Gasteiger partial charge in [-0.05, 0) is 49.9 Å². The molecule has 0 aromatic heterocycles. The van der Waals surface area contributed by atoms with Crippen LogP contribution in [0.3, 0.4) is 0 Å². The first-order chi connectivity index (χ1) is 11.3. The molecule has 5 heteroatoms. The van der Waals surface area contributed by atoms with Gasteiger partial charge >= 0.3 is 0 Å². The van der Waals surface area contributed by atoms with Crippen molar-refractivity contribution >= 4 is 5.91 Å². The standard InChI is InChI=1S/C18H24N2O3/c21-18(15-4-5-16-17(12-15)23-11-10-22-16)20-7-1-6-19(8-9-20)13-14-2-3-14/h4-5,12,14H,1-3,6-11,13H2. The number of fused-ring (bicyclic) bond motifs is 1. The van der Waals surface area contributed by atoms with E-state index in [1.165, 1.54) is 19.4 Å². The van der Waals surface area contributed by atoms with Crippen LogP contribution in [0.1, 0.15) is 29.6 Å². The molecule has 0 N–H and O–H groups in total. The zero-order valence-corrected chi connectivity index (χ0v) is 13.5. The fourth-order valence-corrected chi connectivity index (χ4v) is 3.38. The largest absolute Gasteiger partial charge is 0.486 e. The second-order valence-corrected chi connectivity index (χ2v) is 6.75. The topological polar surface area (TPSA) is 42.0 Å². The zero-order valence-electron chi connectivity index (χ0n) is 13.5. The van der Waals surface area contributed by atoms with Gasteiger partial charge in [0.25, 0.3) is 5.91 Å². The summed E-state index contributed by atoms with van der Waals surface area (Å²) in [6, 6.07) is 5.52.